The van der Waals surface area contributed by atoms with Gasteiger partial charge in [0, 0.05) is 0 Å². The van der Waals surface area contributed by atoms with Crippen molar-refractivity contribution >= 4 is 17.7 Å². The van der Waals surface area contributed by atoms with Gasteiger partial charge in [0.1, 0.15) is 5.54 Å². The summed E-state index contributed by atoms with van der Waals surface area (Å²) in [4.78, 5) is 11.2. The number of carbonyl (C=O) groups excluding carboxylic acids is 1. The van der Waals surface area contributed by atoms with Crippen LogP contribution >= 0.6 is 11.8 Å². The SMILES string of the molecule is CCCCCSCCC(C)(N)C(=O)OC. The van der Waals surface area contributed by atoms with Gasteiger partial charge in [0.25, 0.3) is 0 Å². The predicted molar refractivity (Wildman–Crippen MR) is 66.1 cm³/mol. The quantitative estimate of drug-likeness (QED) is 0.516. The molecule has 0 rings (SSSR count). The second-order valence-electron chi connectivity index (χ2n) is 3.98. The van der Waals surface area contributed by atoms with Crippen LogP contribution in [0.5, 0.6) is 0 Å². The molecule has 4 heteroatoms. The van der Waals surface area contributed by atoms with Crippen LogP contribution in [0.4, 0.5) is 0 Å². The normalized spacial score (nSPS) is 14.7. The molecule has 0 amide bonds. The van der Waals surface area contributed by atoms with Gasteiger partial charge in [-0.25, -0.2) is 0 Å². The number of carbonyl (C=O) groups is 1. The molecule has 0 radical (unpaired) electrons. The molecule has 3 nitrogen and oxygen atoms in total. The minimum atomic E-state index is -0.827. The molecule has 90 valence electrons. The third-order valence-electron chi connectivity index (χ3n) is 2.31. The zero-order valence-electron chi connectivity index (χ0n) is 10.0. The van der Waals surface area contributed by atoms with Crippen LogP contribution in [0.2, 0.25) is 0 Å². The minimum Gasteiger partial charge on any atom is -0.468 e. The number of nitrogens with two attached hydrogens (primary N) is 1. The highest BCUT2D eigenvalue weighted by Crippen LogP contribution is 2.14. The standard InChI is InChI=1S/C11H23NO2S/c1-4-5-6-8-15-9-7-11(2,12)10(13)14-3/h4-9,12H2,1-3H3. The van der Waals surface area contributed by atoms with Crippen molar-refractivity contribution < 1.29 is 9.53 Å². The van der Waals surface area contributed by atoms with Crippen LogP contribution in [-0.2, 0) is 9.53 Å². The van der Waals surface area contributed by atoms with Crippen molar-refractivity contribution in [1.82, 2.24) is 0 Å². The summed E-state index contributed by atoms with van der Waals surface area (Å²) in [6.45, 7) is 3.92. The van der Waals surface area contributed by atoms with Crippen molar-refractivity contribution in [3.63, 3.8) is 0 Å². The Labute approximate surface area is 97.1 Å². The van der Waals surface area contributed by atoms with Gasteiger partial charge in [-0.1, -0.05) is 19.8 Å². The molecule has 15 heavy (non-hydrogen) atoms. The van der Waals surface area contributed by atoms with E-state index in [2.05, 4.69) is 11.7 Å². The molecule has 1 atom stereocenters. The lowest BCUT2D eigenvalue weighted by Gasteiger charge is -2.20. The molecule has 0 aliphatic heterocycles. The molecule has 0 aliphatic carbocycles. The third kappa shape index (κ3) is 6.79. The Hall–Kier alpha value is -0.220. The maximum Gasteiger partial charge on any atom is 0.325 e. The van der Waals surface area contributed by atoms with E-state index in [0.717, 1.165) is 11.5 Å². The molecule has 0 heterocycles. The fraction of sp³-hybridized carbons (Fsp3) is 0.909. The number of ether oxygens (including phenoxy) is 1. The minimum absolute atomic E-state index is 0.323. The highest BCUT2D eigenvalue weighted by Gasteiger charge is 2.28. The first-order valence-corrected chi connectivity index (χ1v) is 6.65. The number of rotatable bonds is 8. The van der Waals surface area contributed by atoms with E-state index < -0.39 is 5.54 Å². The van der Waals surface area contributed by atoms with Gasteiger partial charge in [-0.2, -0.15) is 11.8 Å². The summed E-state index contributed by atoms with van der Waals surface area (Å²) < 4.78 is 4.64. The summed E-state index contributed by atoms with van der Waals surface area (Å²) in [5, 5.41) is 0. The fourth-order valence-electron chi connectivity index (χ4n) is 1.18. The van der Waals surface area contributed by atoms with E-state index in [1.807, 2.05) is 11.8 Å². The van der Waals surface area contributed by atoms with Crippen LogP contribution in [0.3, 0.4) is 0 Å². The Kier molecular flexibility index (Phi) is 7.88. The average molecular weight is 233 g/mol. The van der Waals surface area contributed by atoms with Gasteiger partial charge in [-0.05, 0) is 31.3 Å². The Bertz CT molecular complexity index is 183. The number of thioether (sulfide) groups is 1. The van der Waals surface area contributed by atoms with Crippen molar-refractivity contribution in [2.45, 2.75) is 45.1 Å². The topological polar surface area (TPSA) is 52.3 Å². The summed E-state index contributed by atoms with van der Waals surface area (Å²) in [5.74, 6) is 1.76. The summed E-state index contributed by atoms with van der Waals surface area (Å²) in [6, 6.07) is 0. The first-order valence-electron chi connectivity index (χ1n) is 5.49. The molecule has 0 aromatic heterocycles. The highest BCUT2D eigenvalue weighted by atomic mass is 32.2. The van der Waals surface area contributed by atoms with E-state index >= 15 is 0 Å². The fourth-order valence-corrected chi connectivity index (χ4v) is 2.36. The molecule has 0 aromatic rings. The molecule has 0 saturated carbocycles. The Balaban J connectivity index is 3.53. The predicted octanol–water partition coefficient (Wildman–Crippen LogP) is 2.19. The van der Waals surface area contributed by atoms with Crippen LogP contribution in [-0.4, -0.2) is 30.1 Å². The van der Waals surface area contributed by atoms with Gasteiger partial charge in [0.15, 0.2) is 0 Å². The third-order valence-corrected chi connectivity index (χ3v) is 3.38. The largest absolute Gasteiger partial charge is 0.468 e. The molecule has 0 aliphatic rings. The van der Waals surface area contributed by atoms with Crippen molar-refractivity contribution in [2.24, 2.45) is 5.73 Å². The summed E-state index contributed by atoms with van der Waals surface area (Å²) in [7, 11) is 1.38. The number of methoxy groups -OCH3 is 1. The number of hydrogen-bond acceptors (Lipinski definition) is 4. The average Bonchev–Trinajstić information content (AvgIpc) is 2.22. The first kappa shape index (κ1) is 14.8. The van der Waals surface area contributed by atoms with Crippen LogP contribution in [0, 0.1) is 0 Å². The zero-order valence-corrected chi connectivity index (χ0v) is 10.9. The van der Waals surface area contributed by atoms with Gasteiger partial charge >= 0.3 is 5.97 Å². The number of unbranched alkanes of at least 4 members (excludes halogenated alkanes) is 2. The Morgan fingerprint density at radius 2 is 2.07 bits per heavy atom. The van der Waals surface area contributed by atoms with Gasteiger partial charge < -0.3 is 10.5 Å². The molecular weight excluding hydrogens is 210 g/mol. The molecule has 0 aromatic carbocycles. The molecular formula is C11H23NO2S. The lowest BCUT2D eigenvalue weighted by Crippen LogP contribution is -2.46. The first-order chi connectivity index (χ1) is 7.04. The molecule has 0 spiro atoms. The molecule has 1 unspecified atom stereocenters. The van der Waals surface area contributed by atoms with Crippen molar-refractivity contribution in [2.75, 3.05) is 18.6 Å². The number of esters is 1. The van der Waals surface area contributed by atoms with E-state index in [1.165, 1.54) is 26.4 Å². The lowest BCUT2D eigenvalue weighted by molar-refractivity contribution is -0.146. The Morgan fingerprint density at radius 3 is 2.60 bits per heavy atom. The number of hydrogen-bond donors (Lipinski definition) is 1. The second-order valence-corrected chi connectivity index (χ2v) is 5.20. The molecule has 0 bridgehead atoms. The smallest absolute Gasteiger partial charge is 0.325 e. The maximum absolute atomic E-state index is 11.2. The lowest BCUT2D eigenvalue weighted by atomic mass is 10.0. The van der Waals surface area contributed by atoms with Gasteiger partial charge in [0.05, 0.1) is 7.11 Å². The van der Waals surface area contributed by atoms with E-state index in [9.17, 15) is 4.79 Å². The van der Waals surface area contributed by atoms with Crippen LogP contribution < -0.4 is 5.73 Å². The summed E-state index contributed by atoms with van der Waals surface area (Å²) in [6.07, 6.45) is 4.46. The van der Waals surface area contributed by atoms with Crippen LogP contribution in [0.1, 0.15) is 39.5 Å². The summed E-state index contributed by atoms with van der Waals surface area (Å²) in [5.41, 5.74) is 5.00. The van der Waals surface area contributed by atoms with Crippen LogP contribution in [0.15, 0.2) is 0 Å². The van der Waals surface area contributed by atoms with Gasteiger partial charge in [-0.15, -0.1) is 0 Å². The molecule has 0 saturated heterocycles. The molecule has 0 fully saturated rings. The van der Waals surface area contributed by atoms with Gasteiger partial charge in [0.2, 0.25) is 0 Å². The molecule has 2 N–H and O–H groups in total. The summed E-state index contributed by atoms with van der Waals surface area (Å²) >= 11 is 1.86. The van der Waals surface area contributed by atoms with Crippen molar-refractivity contribution in [3.05, 3.63) is 0 Å². The van der Waals surface area contributed by atoms with Crippen LogP contribution in [0.25, 0.3) is 0 Å². The van der Waals surface area contributed by atoms with E-state index in [4.69, 9.17) is 5.73 Å². The van der Waals surface area contributed by atoms with E-state index in [1.54, 1.807) is 6.92 Å². The van der Waals surface area contributed by atoms with E-state index in [0.29, 0.717) is 6.42 Å². The monoisotopic (exact) mass is 233 g/mol. The maximum atomic E-state index is 11.2. The second kappa shape index (κ2) is 7.99. The Morgan fingerprint density at radius 1 is 1.40 bits per heavy atom. The van der Waals surface area contributed by atoms with Gasteiger partial charge in [-0.3, -0.25) is 4.79 Å². The van der Waals surface area contributed by atoms with Crippen molar-refractivity contribution in [1.29, 1.82) is 0 Å². The van der Waals surface area contributed by atoms with E-state index in [-0.39, 0.29) is 5.97 Å². The zero-order chi connectivity index (χ0) is 11.7. The highest BCUT2D eigenvalue weighted by molar-refractivity contribution is 7.99. The van der Waals surface area contributed by atoms with Crippen molar-refractivity contribution in [3.8, 4) is 0 Å².